The maximum Gasteiger partial charge on any atom is 0.311 e. The first-order valence-corrected chi connectivity index (χ1v) is 11.6. The fourth-order valence-electron chi connectivity index (χ4n) is 3.79. The number of amides is 2. The summed E-state index contributed by atoms with van der Waals surface area (Å²) in [5, 5.41) is 6.60. The van der Waals surface area contributed by atoms with Crippen LogP contribution in [-0.4, -0.2) is 52.3 Å². The van der Waals surface area contributed by atoms with Crippen LogP contribution in [0.4, 0.5) is 5.13 Å². The van der Waals surface area contributed by atoms with Crippen molar-refractivity contribution in [2.75, 3.05) is 25.0 Å². The van der Waals surface area contributed by atoms with Crippen LogP contribution in [0.2, 0.25) is 5.02 Å². The van der Waals surface area contributed by atoms with E-state index in [1.54, 1.807) is 17.2 Å². The lowest BCUT2D eigenvalue weighted by atomic mass is 10.1. The summed E-state index contributed by atoms with van der Waals surface area (Å²) in [6, 6.07) is 5.67. The van der Waals surface area contributed by atoms with E-state index in [1.807, 2.05) is 24.4 Å². The molecule has 1 aromatic carbocycles. The molecule has 2 N–H and O–H groups in total. The molecule has 2 amide bonds. The summed E-state index contributed by atoms with van der Waals surface area (Å²) in [5.74, 6) is -1.07. The number of esters is 1. The zero-order valence-corrected chi connectivity index (χ0v) is 19.1. The van der Waals surface area contributed by atoms with Gasteiger partial charge in [-0.05, 0) is 37.1 Å². The molecule has 1 atom stereocenters. The minimum Gasteiger partial charge on any atom is -0.466 e. The number of anilines is 1. The summed E-state index contributed by atoms with van der Waals surface area (Å²) in [7, 11) is 0. The largest absolute Gasteiger partial charge is 0.466 e. The van der Waals surface area contributed by atoms with Crippen molar-refractivity contribution >= 4 is 56.8 Å². The van der Waals surface area contributed by atoms with Gasteiger partial charge in [0, 0.05) is 47.0 Å². The number of thiazole rings is 1. The number of H-pyrrole nitrogens is 1. The second-order valence-corrected chi connectivity index (χ2v) is 8.90. The molecule has 3 aromatic rings. The lowest BCUT2D eigenvalue weighted by Gasteiger charge is -2.16. The number of fused-ring (bicyclic) bond motifs is 1. The minimum atomic E-state index is -0.433. The van der Waals surface area contributed by atoms with E-state index in [-0.39, 0.29) is 30.6 Å². The van der Waals surface area contributed by atoms with Gasteiger partial charge in [0.1, 0.15) is 0 Å². The molecule has 1 aliphatic rings. The summed E-state index contributed by atoms with van der Waals surface area (Å²) < 4.78 is 4.91. The van der Waals surface area contributed by atoms with Crippen molar-refractivity contribution in [3.63, 3.8) is 0 Å². The van der Waals surface area contributed by atoms with Crippen LogP contribution in [0.5, 0.6) is 0 Å². The van der Waals surface area contributed by atoms with Crippen LogP contribution in [0.15, 0.2) is 29.8 Å². The van der Waals surface area contributed by atoms with E-state index in [9.17, 15) is 14.4 Å². The highest BCUT2D eigenvalue weighted by Gasteiger charge is 2.34. The van der Waals surface area contributed by atoms with Crippen LogP contribution in [0.1, 0.15) is 24.6 Å². The molecule has 10 heteroatoms. The van der Waals surface area contributed by atoms with Crippen LogP contribution in [-0.2, 0) is 32.0 Å². The number of aromatic amines is 1. The van der Waals surface area contributed by atoms with Crippen molar-refractivity contribution in [3.8, 4) is 0 Å². The molecule has 2 aromatic heterocycles. The number of carbonyl (C=O) groups is 3. The van der Waals surface area contributed by atoms with E-state index in [1.165, 1.54) is 11.3 Å². The number of halogens is 1. The highest BCUT2D eigenvalue weighted by molar-refractivity contribution is 7.13. The summed E-state index contributed by atoms with van der Waals surface area (Å²) in [4.78, 5) is 45.9. The average molecular weight is 475 g/mol. The van der Waals surface area contributed by atoms with Gasteiger partial charge in [-0.15, -0.1) is 11.3 Å². The lowest BCUT2D eigenvalue weighted by molar-refractivity contribution is -0.142. The number of likely N-dealkylation sites (tertiary alicyclic amines) is 1. The lowest BCUT2D eigenvalue weighted by Crippen LogP contribution is -2.30. The van der Waals surface area contributed by atoms with Crippen LogP contribution in [0.3, 0.4) is 0 Å². The molecule has 3 heterocycles. The van der Waals surface area contributed by atoms with Gasteiger partial charge < -0.3 is 19.9 Å². The number of hydrogen-bond acceptors (Lipinski definition) is 6. The Kier molecular flexibility index (Phi) is 6.76. The Morgan fingerprint density at radius 1 is 1.41 bits per heavy atom. The Morgan fingerprint density at radius 3 is 3.06 bits per heavy atom. The van der Waals surface area contributed by atoms with E-state index >= 15 is 0 Å². The highest BCUT2D eigenvalue weighted by atomic mass is 35.5. The molecule has 0 bridgehead atoms. The van der Waals surface area contributed by atoms with Crippen molar-refractivity contribution in [2.45, 2.75) is 26.2 Å². The van der Waals surface area contributed by atoms with E-state index < -0.39 is 5.92 Å². The zero-order valence-electron chi connectivity index (χ0n) is 17.5. The predicted octanol–water partition coefficient (Wildman–Crippen LogP) is 3.41. The molecule has 1 aliphatic heterocycles. The fraction of sp³-hybridized carbons (Fsp3) is 0.364. The van der Waals surface area contributed by atoms with E-state index in [0.29, 0.717) is 42.0 Å². The summed E-state index contributed by atoms with van der Waals surface area (Å²) in [6.45, 7) is 2.96. The van der Waals surface area contributed by atoms with Crippen LogP contribution < -0.4 is 5.32 Å². The first-order valence-electron chi connectivity index (χ1n) is 10.4. The Bertz CT molecular complexity index is 1160. The number of nitrogens with one attached hydrogen (secondary N) is 2. The number of carbonyl (C=O) groups excluding carboxylic acids is 3. The van der Waals surface area contributed by atoms with Gasteiger partial charge in [0.2, 0.25) is 11.8 Å². The number of aromatic nitrogens is 2. The molecule has 4 rings (SSSR count). The zero-order chi connectivity index (χ0) is 22.7. The minimum absolute atomic E-state index is 0.0369. The molecule has 1 saturated heterocycles. The number of rotatable bonds is 8. The Hall–Kier alpha value is -2.91. The van der Waals surface area contributed by atoms with Crippen LogP contribution in [0.25, 0.3) is 10.9 Å². The first kappa shape index (κ1) is 22.3. The normalized spacial score (nSPS) is 16.0. The summed E-state index contributed by atoms with van der Waals surface area (Å²) in [5.41, 5.74) is 2.63. The Morgan fingerprint density at radius 2 is 2.25 bits per heavy atom. The molecule has 0 saturated carbocycles. The maximum absolute atomic E-state index is 12.7. The number of ether oxygens (including phenoxy) is 1. The first-order chi connectivity index (χ1) is 15.4. The van der Waals surface area contributed by atoms with Gasteiger partial charge >= 0.3 is 5.97 Å². The van der Waals surface area contributed by atoms with Gasteiger partial charge in [-0.25, -0.2) is 4.98 Å². The SMILES string of the molecule is CCOC(=O)Cc1csc(NC(=O)C2CC(=O)N(CCc3c[nH]c4ccc(Cl)cc34)C2)n1. The molecule has 8 nitrogen and oxygen atoms in total. The Balaban J connectivity index is 1.31. The number of nitrogens with zero attached hydrogens (tertiary/aromatic N) is 2. The van der Waals surface area contributed by atoms with Crippen LogP contribution in [0, 0.1) is 5.92 Å². The number of benzene rings is 1. The fourth-order valence-corrected chi connectivity index (χ4v) is 4.67. The van der Waals surface area contributed by atoms with E-state index in [4.69, 9.17) is 16.3 Å². The second kappa shape index (κ2) is 9.70. The Labute approximate surface area is 193 Å². The van der Waals surface area contributed by atoms with E-state index in [0.717, 1.165) is 16.5 Å². The highest BCUT2D eigenvalue weighted by Crippen LogP contribution is 2.25. The topological polar surface area (TPSA) is 104 Å². The van der Waals surface area contributed by atoms with Gasteiger partial charge in [0.05, 0.1) is 24.6 Å². The average Bonchev–Trinajstić information content (AvgIpc) is 3.45. The van der Waals surface area contributed by atoms with Crippen molar-refractivity contribution in [3.05, 3.63) is 46.1 Å². The van der Waals surface area contributed by atoms with Gasteiger partial charge in [0.25, 0.3) is 0 Å². The van der Waals surface area contributed by atoms with Crippen molar-refractivity contribution < 1.29 is 19.1 Å². The summed E-state index contributed by atoms with van der Waals surface area (Å²) >= 11 is 7.35. The quantitative estimate of drug-likeness (QED) is 0.487. The van der Waals surface area contributed by atoms with Gasteiger partial charge in [-0.1, -0.05) is 11.6 Å². The number of hydrogen-bond donors (Lipinski definition) is 2. The monoisotopic (exact) mass is 474 g/mol. The molecule has 0 radical (unpaired) electrons. The van der Waals surface area contributed by atoms with Crippen molar-refractivity contribution in [1.82, 2.24) is 14.9 Å². The smallest absolute Gasteiger partial charge is 0.311 e. The molecule has 1 fully saturated rings. The molecule has 168 valence electrons. The van der Waals surface area contributed by atoms with Gasteiger partial charge in [-0.3, -0.25) is 14.4 Å². The molecule has 32 heavy (non-hydrogen) atoms. The van der Waals surface area contributed by atoms with Crippen molar-refractivity contribution in [2.24, 2.45) is 5.92 Å². The summed E-state index contributed by atoms with van der Waals surface area (Å²) in [6.07, 6.45) is 2.84. The molecular weight excluding hydrogens is 452 g/mol. The van der Waals surface area contributed by atoms with Crippen LogP contribution >= 0.6 is 22.9 Å². The maximum atomic E-state index is 12.7. The standard InChI is InChI=1S/C22H23ClN4O4S/c1-2-31-20(29)9-16-12-32-22(25-16)26-21(30)14-7-19(28)27(11-14)6-5-13-10-24-18-4-3-15(23)8-17(13)18/h3-4,8,10,12,14,24H,2,5-7,9,11H2,1H3,(H,25,26,30). The molecule has 0 aliphatic carbocycles. The molecule has 0 spiro atoms. The van der Waals surface area contributed by atoms with E-state index in [2.05, 4.69) is 15.3 Å². The third-order valence-corrected chi connectivity index (χ3v) is 6.42. The third kappa shape index (κ3) is 5.11. The molecule has 1 unspecified atom stereocenters. The second-order valence-electron chi connectivity index (χ2n) is 7.61. The van der Waals surface area contributed by atoms with Gasteiger partial charge in [0.15, 0.2) is 5.13 Å². The van der Waals surface area contributed by atoms with Crippen molar-refractivity contribution in [1.29, 1.82) is 0 Å². The third-order valence-electron chi connectivity index (χ3n) is 5.38. The molecular formula is C22H23ClN4O4S. The predicted molar refractivity (Wildman–Crippen MR) is 123 cm³/mol. The van der Waals surface area contributed by atoms with Gasteiger partial charge in [-0.2, -0.15) is 0 Å².